The predicted octanol–water partition coefficient (Wildman–Crippen LogP) is 3.34. The number of hydrogen-bond acceptors (Lipinski definition) is 7. The van der Waals surface area contributed by atoms with Crippen LogP contribution in [-0.2, 0) is 0 Å². The number of anilines is 1. The summed E-state index contributed by atoms with van der Waals surface area (Å²) >= 11 is 0. The van der Waals surface area contributed by atoms with Gasteiger partial charge in [0.1, 0.15) is 0 Å². The minimum atomic E-state index is -0.227. The number of carbonyl (C=O) groups is 1. The van der Waals surface area contributed by atoms with E-state index in [1.54, 1.807) is 0 Å². The second kappa shape index (κ2) is 7.92. The minimum absolute atomic E-state index is 0.0265. The Kier molecular flexibility index (Phi) is 4.95. The first kappa shape index (κ1) is 19.4. The molecule has 5 rings (SSSR count). The number of fused-ring (bicyclic) bond motifs is 1. The Labute approximate surface area is 179 Å². The van der Waals surface area contributed by atoms with Crippen LogP contribution in [0, 0.1) is 6.92 Å². The van der Waals surface area contributed by atoms with Gasteiger partial charge in [-0.25, -0.2) is 4.79 Å². The zero-order valence-corrected chi connectivity index (χ0v) is 17.3. The lowest BCUT2D eigenvalue weighted by Gasteiger charge is -2.14. The van der Waals surface area contributed by atoms with Crippen LogP contribution < -0.4 is 20.1 Å². The Bertz CT molecular complexity index is 1100. The van der Waals surface area contributed by atoms with E-state index in [9.17, 15) is 4.79 Å². The van der Waals surface area contributed by atoms with Gasteiger partial charge in [0, 0.05) is 23.8 Å². The molecule has 0 saturated carbocycles. The van der Waals surface area contributed by atoms with E-state index in [0.29, 0.717) is 36.2 Å². The molecule has 9 heteroatoms. The number of aromatic nitrogens is 2. The smallest absolute Gasteiger partial charge is 0.319 e. The molecule has 1 aromatic heterocycles. The highest BCUT2D eigenvalue weighted by Crippen LogP contribution is 2.36. The summed E-state index contributed by atoms with van der Waals surface area (Å²) in [6.45, 7) is 2.91. The summed E-state index contributed by atoms with van der Waals surface area (Å²) in [6.07, 6.45) is 0.681. The number of benzene rings is 2. The summed E-state index contributed by atoms with van der Waals surface area (Å²) < 4.78 is 16.3. The van der Waals surface area contributed by atoms with Gasteiger partial charge in [-0.05, 0) is 50.7 Å². The van der Waals surface area contributed by atoms with Crippen molar-refractivity contribution in [1.29, 1.82) is 0 Å². The van der Waals surface area contributed by atoms with E-state index < -0.39 is 0 Å². The maximum atomic E-state index is 12.4. The van der Waals surface area contributed by atoms with Crippen LogP contribution in [0.1, 0.15) is 23.9 Å². The fourth-order valence-corrected chi connectivity index (χ4v) is 3.91. The van der Waals surface area contributed by atoms with Gasteiger partial charge in [-0.15, -0.1) is 0 Å². The first-order valence-corrected chi connectivity index (χ1v) is 10.1. The average molecular weight is 421 g/mol. The van der Waals surface area contributed by atoms with Crippen molar-refractivity contribution in [3.8, 4) is 22.9 Å². The first-order chi connectivity index (χ1) is 15.0. The lowest BCUT2D eigenvalue weighted by atomic mass is 10.1. The Balaban J connectivity index is 1.23. The molecule has 3 aromatic rings. The summed E-state index contributed by atoms with van der Waals surface area (Å²) in [5, 5.41) is 10.0. The van der Waals surface area contributed by atoms with Gasteiger partial charge < -0.3 is 24.6 Å². The molecule has 0 radical (unpaired) electrons. The maximum absolute atomic E-state index is 12.4. The SMILES string of the molecule is Cc1ccc(NC(=O)N[C@H]2C[C@@H](c3nc(-c4ccc5c(c4)OCO5)no3)N(C)C2)cc1. The monoisotopic (exact) mass is 421 g/mol. The van der Waals surface area contributed by atoms with E-state index in [2.05, 4.69) is 25.7 Å². The molecule has 0 aliphatic carbocycles. The summed E-state index contributed by atoms with van der Waals surface area (Å²) in [6, 6.07) is 12.9. The molecule has 3 heterocycles. The molecule has 2 aromatic carbocycles. The Hall–Kier alpha value is -3.59. The van der Waals surface area contributed by atoms with Crippen LogP contribution in [0.25, 0.3) is 11.4 Å². The minimum Gasteiger partial charge on any atom is -0.454 e. The molecule has 1 fully saturated rings. The van der Waals surface area contributed by atoms with Crippen molar-refractivity contribution >= 4 is 11.7 Å². The fourth-order valence-electron chi connectivity index (χ4n) is 3.91. The van der Waals surface area contributed by atoms with Gasteiger partial charge in [0.05, 0.1) is 6.04 Å². The molecule has 0 spiro atoms. The highest BCUT2D eigenvalue weighted by atomic mass is 16.7. The predicted molar refractivity (Wildman–Crippen MR) is 113 cm³/mol. The Morgan fingerprint density at radius 1 is 1.13 bits per heavy atom. The van der Waals surface area contributed by atoms with Gasteiger partial charge in [-0.3, -0.25) is 4.90 Å². The number of ether oxygens (including phenoxy) is 2. The van der Waals surface area contributed by atoms with Crippen LogP contribution in [0.4, 0.5) is 10.5 Å². The number of aryl methyl sites for hydroxylation is 1. The number of rotatable bonds is 4. The van der Waals surface area contributed by atoms with Gasteiger partial charge in [0.25, 0.3) is 0 Å². The van der Waals surface area contributed by atoms with Crippen molar-refractivity contribution in [2.45, 2.75) is 25.4 Å². The molecule has 0 unspecified atom stereocenters. The number of likely N-dealkylation sites (tertiary alicyclic amines) is 1. The molecule has 2 aliphatic rings. The number of amides is 2. The number of hydrogen-bond donors (Lipinski definition) is 2. The third-order valence-corrected chi connectivity index (χ3v) is 5.55. The van der Waals surface area contributed by atoms with Crippen LogP contribution in [0.15, 0.2) is 47.0 Å². The largest absolute Gasteiger partial charge is 0.454 e. The van der Waals surface area contributed by atoms with E-state index >= 15 is 0 Å². The van der Waals surface area contributed by atoms with Crippen molar-refractivity contribution in [2.75, 3.05) is 25.7 Å². The topological polar surface area (TPSA) is 102 Å². The van der Waals surface area contributed by atoms with Crippen LogP contribution >= 0.6 is 0 Å². The van der Waals surface area contributed by atoms with Crippen LogP contribution in [0.5, 0.6) is 11.5 Å². The Morgan fingerprint density at radius 3 is 2.77 bits per heavy atom. The highest BCUT2D eigenvalue weighted by molar-refractivity contribution is 5.89. The molecule has 160 valence electrons. The zero-order chi connectivity index (χ0) is 21.4. The van der Waals surface area contributed by atoms with Crippen molar-refractivity contribution in [3.05, 3.63) is 53.9 Å². The lowest BCUT2D eigenvalue weighted by molar-refractivity contribution is 0.174. The van der Waals surface area contributed by atoms with Gasteiger partial charge in [-0.2, -0.15) is 4.98 Å². The first-order valence-electron chi connectivity index (χ1n) is 10.1. The third-order valence-electron chi connectivity index (χ3n) is 5.55. The fraction of sp³-hybridized carbons (Fsp3) is 0.318. The second-order valence-corrected chi connectivity index (χ2v) is 7.88. The van der Waals surface area contributed by atoms with Crippen LogP contribution in [0.2, 0.25) is 0 Å². The van der Waals surface area contributed by atoms with Gasteiger partial charge in [0.15, 0.2) is 11.5 Å². The van der Waals surface area contributed by atoms with Crippen molar-refractivity contribution in [2.24, 2.45) is 0 Å². The molecule has 2 aliphatic heterocycles. The summed E-state index contributed by atoms with van der Waals surface area (Å²) in [5.74, 6) is 2.40. The number of likely N-dealkylation sites (N-methyl/N-ethyl adjacent to an activating group) is 1. The van der Waals surface area contributed by atoms with E-state index in [-0.39, 0.29) is 24.9 Å². The third kappa shape index (κ3) is 4.04. The van der Waals surface area contributed by atoms with E-state index in [1.165, 1.54) is 0 Å². The number of nitrogens with zero attached hydrogens (tertiary/aromatic N) is 3. The summed E-state index contributed by atoms with van der Waals surface area (Å²) in [4.78, 5) is 19.1. The van der Waals surface area contributed by atoms with Crippen molar-refractivity contribution < 1.29 is 18.8 Å². The van der Waals surface area contributed by atoms with Crippen molar-refractivity contribution in [1.82, 2.24) is 20.4 Å². The molecule has 0 bridgehead atoms. The van der Waals surface area contributed by atoms with Gasteiger partial charge in [-0.1, -0.05) is 22.9 Å². The zero-order valence-electron chi connectivity index (χ0n) is 17.3. The maximum Gasteiger partial charge on any atom is 0.319 e. The molecular weight excluding hydrogens is 398 g/mol. The normalized spacial score (nSPS) is 20.1. The molecule has 9 nitrogen and oxygen atoms in total. The molecular formula is C22H23N5O4. The molecule has 1 saturated heterocycles. The van der Waals surface area contributed by atoms with E-state index in [0.717, 1.165) is 16.8 Å². The van der Waals surface area contributed by atoms with Gasteiger partial charge >= 0.3 is 6.03 Å². The quantitative estimate of drug-likeness (QED) is 0.666. The highest BCUT2D eigenvalue weighted by Gasteiger charge is 2.35. The Morgan fingerprint density at radius 2 is 1.94 bits per heavy atom. The molecule has 2 atom stereocenters. The standard InChI is InChI=1S/C22H23N5O4/c1-13-3-6-15(7-4-13)23-22(28)24-16-10-17(27(2)11-16)21-25-20(26-31-21)14-5-8-18-19(9-14)30-12-29-18/h3-9,16-17H,10-12H2,1-2H3,(H2,23,24,28)/t16-,17-/m0/s1. The number of carbonyl (C=O) groups excluding carboxylic acids is 1. The summed E-state index contributed by atoms with van der Waals surface area (Å²) in [7, 11) is 1.98. The van der Waals surface area contributed by atoms with Crippen LogP contribution in [-0.4, -0.2) is 47.5 Å². The number of nitrogens with one attached hydrogen (secondary N) is 2. The number of urea groups is 1. The molecule has 2 N–H and O–H groups in total. The molecule has 31 heavy (non-hydrogen) atoms. The summed E-state index contributed by atoms with van der Waals surface area (Å²) in [5.41, 5.74) is 2.70. The van der Waals surface area contributed by atoms with E-state index in [4.69, 9.17) is 14.0 Å². The second-order valence-electron chi connectivity index (χ2n) is 7.88. The average Bonchev–Trinajstić information content (AvgIpc) is 3.48. The molecule has 2 amide bonds. The van der Waals surface area contributed by atoms with Gasteiger partial charge in [0.2, 0.25) is 18.5 Å². The van der Waals surface area contributed by atoms with E-state index in [1.807, 2.05) is 56.4 Å². The lowest BCUT2D eigenvalue weighted by Crippen LogP contribution is -2.39. The van der Waals surface area contributed by atoms with Crippen molar-refractivity contribution in [3.63, 3.8) is 0 Å². The van der Waals surface area contributed by atoms with Crippen LogP contribution in [0.3, 0.4) is 0 Å².